The number of halogens is 1. The van der Waals surface area contributed by atoms with Crippen LogP contribution in [0.3, 0.4) is 0 Å². The Bertz CT molecular complexity index is 1110. The zero-order valence-electron chi connectivity index (χ0n) is 16.8. The number of hydrogen-bond donors (Lipinski definition) is 2. The first-order chi connectivity index (χ1) is 14.2. The summed E-state index contributed by atoms with van der Waals surface area (Å²) in [6, 6.07) is 7.97. The van der Waals surface area contributed by atoms with Crippen molar-refractivity contribution in [3.05, 3.63) is 58.9 Å². The van der Waals surface area contributed by atoms with Crippen LogP contribution < -0.4 is 15.8 Å². The van der Waals surface area contributed by atoms with E-state index in [9.17, 15) is 14.0 Å². The van der Waals surface area contributed by atoms with Crippen molar-refractivity contribution >= 4 is 5.91 Å². The van der Waals surface area contributed by atoms with E-state index >= 15 is 0 Å². The molecule has 0 aliphatic rings. The molecule has 10 heteroatoms. The first-order valence-electron chi connectivity index (χ1n) is 9.17. The third-order valence-electron chi connectivity index (χ3n) is 4.86. The molecule has 0 saturated carbocycles. The van der Waals surface area contributed by atoms with Crippen molar-refractivity contribution < 1.29 is 19.1 Å². The first kappa shape index (κ1) is 21.2. The highest BCUT2D eigenvalue weighted by Crippen LogP contribution is 2.24. The molecule has 30 heavy (non-hydrogen) atoms. The molecule has 9 nitrogen and oxygen atoms in total. The number of ether oxygens (including phenoxy) is 1. The van der Waals surface area contributed by atoms with Gasteiger partial charge in [0.25, 0.3) is 11.4 Å². The summed E-state index contributed by atoms with van der Waals surface area (Å²) >= 11 is 0. The molecule has 0 saturated heterocycles. The van der Waals surface area contributed by atoms with Gasteiger partial charge in [0.05, 0.1) is 12.8 Å². The smallest absolute Gasteiger partial charge is 0.253 e. The van der Waals surface area contributed by atoms with Crippen molar-refractivity contribution in [1.82, 2.24) is 25.0 Å². The van der Waals surface area contributed by atoms with Gasteiger partial charge >= 0.3 is 0 Å². The molecule has 3 rings (SSSR count). The molecule has 0 radical (unpaired) electrons. The summed E-state index contributed by atoms with van der Waals surface area (Å²) in [5.74, 6) is -0.768. The van der Waals surface area contributed by atoms with Crippen LogP contribution in [0.2, 0.25) is 0 Å². The number of methoxy groups -OCH3 is 1. The molecule has 0 aliphatic heterocycles. The highest BCUT2D eigenvalue weighted by atomic mass is 19.1. The normalized spacial score (nSPS) is 11.4. The lowest BCUT2D eigenvalue weighted by atomic mass is 9.88. The van der Waals surface area contributed by atoms with Crippen LogP contribution in [0.1, 0.15) is 20.3 Å². The van der Waals surface area contributed by atoms with Crippen LogP contribution in [0.5, 0.6) is 5.88 Å². The van der Waals surface area contributed by atoms with E-state index in [4.69, 9.17) is 9.94 Å². The predicted molar refractivity (Wildman–Crippen MR) is 106 cm³/mol. The average molecular weight is 415 g/mol. The van der Waals surface area contributed by atoms with E-state index in [-0.39, 0.29) is 18.5 Å². The Morgan fingerprint density at radius 2 is 2.00 bits per heavy atom. The van der Waals surface area contributed by atoms with Gasteiger partial charge in [0.15, 0.2) is 0 Å². The molecule has 0 atom stereocenters. The standard InChI is InChI=1S/C20H22FN5O4/c1-20(2,19(28)24-29)8-9-25-12-16(21)15(10-18(25)27)13-4-6-14(7-5-13)26-22-11-17(23-26)30-3/h4-7,10-12,29H,8-9H2,1-3H3,(H,24,28). The van der Waals surface area contributed by atoms with Crippen molar-refractivity contribution in [3.8, 4) is 22.7 Å². The second kappa shape index (κ2) is 8.46. The number of nitrogens with zero attached hydrogens (tertiary/aromatic N) is 4. The van der Waals surface area contributed by atoms with E-state index in [1.165, 1.54) is 28.7 Å². The second-order valence-electron chi connectivity index (χ2n) is 7.36. The lowest BCUT2D eigenvalue weighted by Crippen LogP contribution is -2.36. The van der Waals surface area contributed by atoms with Crippen molar-refractivity contribution in [1.29, 1.82) is 0 Å². The molecular weight excluding hydrogens is 393 g/mol. The van der Waals surface area contributed by atoms with Crippen LogP contribution in [0.15, 0.2) is 47.5 Å². The Morgan fingerprint density at radius 3 is 2.60 bits per heavy atom. The average Bonchev–Trinajstić information content (AvgIpc) is 3.23. The van der Waals surface area contributed by atoms with Gasteiger partial charge in [0.1, 0.15) is 12.0 Å². The summed E-state index contributed by atoms with van der Waals surface area (Å²) in [5, 5.41) is 17.0. The van der Waals surface area contributed by atoms with E-state index in [2.05, 4.69) is 10.2 Å². The number of nitrogens with one attached hydrogen (secondary N) is 1. The van der Waals surface area contributed by atoms with Gasteiger partial charge in [-0.2, -0.15) is 5.10 Å². The molecule has 3 aromatic rings. The number of rotatable bonds is 7. The van der Waals surface area contributed by atoms with Crippen molar-refractivity contribution in [3.63, 3.8) is 0 Å². The molecule has 2 aromatic heterocycles. The molecule has 0 unspecified atom stereocenters. The number of carbonyl (C=O) groups is 1. The fraction of sp³-hybridized carbons (Fsp3) is 0.300. The van der Waals surface area contributed by atoms with Crippen LogP contribution in [0.4, 0.5) is 4.39 Å². The van der Waals surface area contributed by atoms with Crippen LogP contribution >= 0.6 is 0 Å². The first-order valence-corrected chi connectivity index (χ1v) is 9.17. The molecular formula is C20H22FN5O4. The highest BCUT2D eigenvalue weighted by molar-refractivity contribution is 5.80. The quantitative estimate of drug-likeness (QED) is 0.452. The van der Waals surface area contributed by atoms with Gasteiger partial charge in [0, 0.05) is 29.8 Å². The molecule has 0 aliphatic carbocycles. The summed E-state index contributed by atoms with van der Waals surface area (Å²) in [4.78, 5) is 25.5. The lowest BCUT2D eigenvalue weighted by molar-refractivity contribution is -0.138. The monoisotopic (exact) mass is 415 g/mol. The highest BCUT2D eigenvalue weighted by Gasteiger charge is 2.27. The fourth-order valence-corrected chi connectivity index (χ4v) is 2.85. The lowest BCUT2D eigenvalue weighted by Gasteiger charge is -2.22. The van der Waals surface area contributed by atoms with Crippen molar-refractivity contribution in [2.45, 2.75) is 26.8 Å². The van der Waals surface area contributed by atoms with Crippen molar-refractivity contribution in [2.75, 3.05) is 7.11 Å². The Hall–Kier alpha value is -3.53. The van der Waals surface area contributed by atoms with Gasteiger partial charge in [-0.05, 0) is 24.1 Å². The summed E-state index contributed by atoms with van der Waals surface area (Å²) in [7, 11) is 1.49. The number of hydroxylamine groups is 1. The van der Waals surface area contributed by atoms with Crippen molar-refractivity contribution in [2.24, 2.45) is 5.41 Å². The number of pyridine rings is 1. The minimum atomic E-state index is -0.914. The van der Waals surface area contributed by atoms with Gasteiger partial charge in [0.2, 0.25) is 5.91 Å². The topological polar surface area (TPSA) is 111 Å². The minimum Gasteiger partial charge on any atom is -0.479 e. The van der Waals surface area contributed by atoms with Crippen LogP contribution in [0, 0.1) is 11.2 Å². The molecule has 1 amide bonds. The zero-order valence-corrected chi connectivity index (χ0v) is 16.8. The van der Waals surface area contributed by atoms with Gasteiger partial charge in [-0.15, -0.1) is 9.90 Å². The van der Waals surface area contributed by atoms with E-state index in [0.717, 1.165) is 6.20 Å². The van der Waals surface area contributed by atoms with Gasteiger partial charge in [-0.25, -0.2) is 9.87 Å². The summed E-state index contributed by atoms with van der Waals surface area (Å²) in [5.41, 5.74) is 1.64. The number of hydrogen-bond acceptors (Lipinski definition) is 6. The summed E-state index contributed by atoms with van der Waals surface area (Å²) in [6.07, 6.45) is 2.84. The Kier molecular flexibility index (Phi) is 5.97. The maximum Gasteiger partial charge on any atom is 0.253 e. The van der Waals surface area contributed by atoms with E-state index < -0.39 is 22.7 Å². The Labute approximate surface area is 171 Å². The molecule has 1 aromatic carbocycles. The number of aromatic nitrogens is 4. The maximum atomic E-state index is 14.7. The Balaban J connectivity index is 1.81. The number of aryl methyl sites for hydroxylation is 1. The third-order valence-corrected chi connectivity index (χ3v) is 4.86. The molecule has 2 heterocycles. The molecule has 0 bridgehead atoms. The number of amides is 1. The van der Waals surface area contributed by atoms with Crippen LogP contribution in [0.25, 0.3) is 16.8 Å². The second-order valence-corrected chi connectivity index (χ2v) is 7.36. The van der Waals surface area contributed by atoms with Crippen LogP contribution in [-0.4, -0.2) is 37.8 Å². The fourth-order valence-electron chi connectivity index (χ4n) is 2.85. The van der Waals surface area contributed by atoms with E-state index in [1.54, 1.807) is 43.6 Å². The predicted octanol–water partition coefficient (Wildman–Crippen LogP) is 2.17. The molecule has 158 valence electrons. The molecule has 0 fully saturated rings. The van der Waals surface area contributed by atoms with E-state index in [1.807, 2.05) is 0 Å². The molecule has 0 spiro atoms. The zero-order chi connectivity index (χ0) is 21.9. The maximum absolute atomic E-state index is 14.7. The SMILES string of the molecule is COc1cnn(-c2ccc(-c3cc(=O)n(CCC(C)(C)C(=O)NO)cc3F)cc2)n1. The van der Waals surface area contributed by atoms with Gasteiger partial charge in [-0.3, -0.25) is 14.8 Å². The summed E-state index contributed by atoms with van der Waals surface area (Å²) < 4.78 is 20.9. The van der Waals surface area contributed by atoms with Crippen LogP contribution in [-0.2, 0) is 11.3 Å². The van der Waals surface area contributed by atoms with E-state index in [0.29, 0.717) is 17.1 Å². The largest absolute Gasteiger partial charge is 0.479 e. The third kappa shape index (κ3) is 4.38. The number of carbonyl (C=O) groups excluding carboxylic acids is 1. The number of benzene rings is 1. The summed E-state index contributed by atoms with van der Waals surface area (Å²) in [6.45, 7) is 3.38. The Morgan fingerprint density at radius 1 is 1.30 bits per heavy atom. The minimum absolute atomic E-state index is 0.127. The van der Waals surface area contributed by atoms with Gasteiger partial charge in [-0.1, -0.05) is 26.0 Å². The van der Waals surface area contributed by atoms with Gasteiger partial charge < -0.3 is 9.30 Å². The molecule has 2 N–H and O–H groups in total.